The lowest BCUT2D eigenvalue weighted by atomic mass is 10.0. The quantitative estimate of drug-likeness (QED) is 0.851. The summed E-state index contributed by atoms with van der Waals surface area (Å²) in [6, 6.07) is 4.97. The summed E-state index contributed by atoms with van der Waals surface area (Å²) >= 11 is 0. The van der Waals surface area contributed by atoms with Gasteiger partial charge in [0.25, 0.3) is 5.91 Å². The Labute approximate surface area is 126 Å². The number of rotatable bonds is 4. The summed E-state index contributed by atoms with van der Waals surface area (Å²) < 4.78 is 13.1. The van der Waals surface area contributed by atoms with Gasteiger partial charge in [0.2, 0.25) is 0 Å². The fourth-order valence-corrected chi connectivity index (χ4v) is 3.21. The SMILES string of the molecule is CCN(CC)C1CCN(C(=O)c2ccc(F)cc2C)CC1. The first-order chi connectivity index (χ1) is 10.1. The highest BCUT2D eigenvalue weighted by Crippen LogP contribution is 2.20. The minimum absolute atomic E-state index is 0.0329. The van der Waals surface area contributed by atoms with Gasteiger partial charge in [-0.15, -0.1) is 0 Å². The van der Waals surface area contributed by atoms with Gasteiger partial charge in [-0.1, -0.05) is 13.8 Å². The molecule has 0 saturated carbocycles. The number of aryl methyl sites for hydroxylation is 1. The molecule has 1 saturated heterocycles. The van der Waals surface area contributed by atoms with E-state index in [9.17, 15) is 9.18 Å². The van der Waals surface area contributed by atoms with E-state index in [0.717, 1.165) is 39.0 Å². The minimum Gasteiger partial charge on any atom is -0.339 e. The predicted octanol–water partition coefficient (Wildman–Crippen LogP) is 3.08. The molecule has 21 heavy (non-hydrogen) atoms. The van der Waals surface area contributed by atoms with E-state index in [1.807, 2.05) is 4.90 Å². The Morgan fingerprint density at radius 3 is 2.43 bits per heavy atom. The zero-order chi connectivity index (χ0) is 15.4. The van der Waals surface area contributed by atoms with Crippen LogP contribution in [0.4, 0.5) is 4.39 Å². The maximum atomic E-state index is 13.1. The number of halogens is 1. The molecule has 116 valence electrons. The Kier molecular flexibility index (Phi) is 5.34. The monoisotopic (exact) mass is 292 g/mol. The summed E-state index contributed by atoms with van der Waals surface area (Å²) in [5.41, 5.74) is 1.34. The van der Waals surface area contributed by atoms with Crippen LogP contribution in [0.5, 0.6) is 0 Å². The number of amides is 1. The van der Waals surface area contributed by atoms with Gasteiger partial charge in [-0.3, -0.25) is 4.79 Å². The number of hydrogen-bond acceptors (Lipinski definition) is 2. The number of nitrogens with zero attached hydrogens (tertiary/aromatic N) is 2. The van der Waals surface area contributed by atoms with Crippen molar-refractivity contribution < 1.29 is 9.18 Å². The lowest BCUT2D eigenvalue weighted by Gasteiger charge is -2.37. The Hall–Kier alpha value is -1.42. The molecule has 1 heterocycles. The number of benzene rings is 1. The van der Waals surface area contributed by atoms with E-state index in [-0.39, 0.29) is 11.7 Å². The fraction of sp³-hybridized carbons (Fsp3) is 0.588. The standard InChI is InChI=1S/C17H25FN2O/c1-4-19(5-2)15-8-10-20(11-9-15)17(21)16-7-6-14(18)12-13(16)3/h6-7,12,15H,4-5,8-11H2,1-3H3. The summed E-state index contributed by atoms with van der Waals surface area (Å²) in [5.74, 6) is -0.255. The van der Waals surface area contributed by atoms with Crippen molar-refractivity contribution >= 4 is 5.91 Å². The van der Waals surface area contributed by atoms with Gasteiger partial charge >= 0.3 is 0 Å². The highest BCUT2D eigenvalue weighted by Gasteiger charge is 2.26. The van der Waals surface area contributed by atoms with Gasteiger partial charge in [-0.25, -0.2) is 4.39 Å². The van der Waals surface area contributed by atoms with Crippen molar-refractivity contribution in [2.45, 2.75) is 39.7 Å². The van der Waals surface area contributed by atoms with Crippen LogP contribution in [0, 0.1) is 12.7 Å². The molecule has 4 heteroatoms. The third kappa shape index (κ3) is 3.62. The van der Waals surface area contributed by atoms with Crippen LogP contribution < -0.4 is 0 Å². The fourth-order valence-electron chi connectivity index (χ4n) is 3.21. The average molecular weight is 292 g/mol. The van der Waals surface area contributed by atoms with Crippen molar-refractivity contribution in [3.05, 3.63) is 35.1 Å². The molecule has 0 atom stereocenters. The summed E-state index contributed by atoms with van der Waals surface area (Å²) in [6.07, 6.45) is 2.04. The molecule has 0 N–H and O–H groups in total. The van der Waals surface area contributed by atoms with Crippen molar-refractivity contribution in [3.63, 3.8) is 0 Å². The van der Waals surface area contributed by atoms with E-state index < -0.39 is 0 Å². The van der Waals surface area contributed by atoms with Crippen LogP contribution >= 0.6 is 0 Å². The third-order valence-electron chi connectivity index (χ3n) is 4.50. The van der Waals surface area contributed by atoms with E-state index in [2.05, 4.69) is 18.7 Å². The predicted molar refractivity (Wildman–Crippen MR) is 83.0 cm³/mol. The minimum atomic E-state index is -0.288. The Morgan fingerprint density at radius 1 is 1.29 bits per heavy atom. The molecule has 0 unspecified atom stereocenters. The Bertz CT molecular complexity index is 492. The lowest BCUT2D eigenvalue weighted by Crippen LogP contribution is -2.46. The van der Waals surface area contributed by atoms with Crippen LogP contribution in [0.3, 0.4) is 0 Å². The summed E-state index contributed by atoms with van der Waals surface area (Å²) in [4.78, 5) is 16.9. The van der Waals surface area contributed by atoms with E-state index in [1.165, 1.54) is 12.1 Å². The molecular weight excluding hydrogens is 267 g/mol. The van der Waals surface area contributed by atoms with Crippen LogP contribution in [0.1, 0.15) is 42.6 Å². The second-order valence-corrected chi connectivity index (χ2v) is 5.70. The normalized spacial score (nSPS) is 16.5. The third-order valence-corrected chi connectivity index (χ3v) is 4.50. The second-order valence-electron chi connectivity index (χ2n) is 5.70. The molecule has 1 aromatic carbocycles. The van der Waals surface area contributed by atoms with Crippen LogP contribution in [0.15, 0.2) is 18.2 Å². The summed E-state index contributed by atoms with van der Waals surface area (Å²) in [7, 11) is 0. The van der Waals surface area contributed by atoms with Gasteiger partial charge in [-0.2, -0.15) is 0 Å². The van der Waals surface area contributed by atoms with E-state index in [1.54, 1.807) is 13.0 Å². The smallest absolute Gasteiger partial charge is 0.254 e. The number of likely N-dealkylation sites (tertiary alicyclic amines) is 1. The molecule has 1 fully saturated rings. The van der Waals surface area contributed by atoms with Gasteiger partial charge < -0.3 is 9.80 Å². The van der Waals surface area contributed by atoms with Crippen LogP contribution in [-0.2, 0) is 0 Å². The lowest BCUT2D eigenvalue weighted by molar-refractivity contribution is 0.0630. The van der Waals surface area contributed by atoms with Crippen molar-refractivity contribution in [2.75, 3.05) is 26.2 Å². The summed E-state index contributed by atoms with van der Waals surface area (Å²) in [6.45, 7) is 9.86. The zero-order valence-electron chi connectivity index (χ0n) is 13.2. The highest BCUT2D eigenvalue weighted by molar-refractivity contribution is 5.95. The van der Waals surface area contributed by atoms with E-state index in [4.69, 9.17) is 0 Å². The van der Waals surface area contributed by atoms with Crippen LogP contribution in [-0.4, -0.2) is 47.9 Å². The first-order valence-corrected chi connectivity index (χ1v) is 7.86. The molecule has 0 spiro atoms. The largest absolute Gasteiger partial charge is 0.339 e. The van der Waals surface area contributed by atoms with Gasteiger partial charge in [0, 0.05) is 24.7 Å². The van der Waals surface area contributed by atoms with E-state index >= 15 is 0 Å². The molecule has 1 aromatic rings. The van der Waals surface area contributed by atoms with Crippen molar-refractivity contribution in [3.8, 4) is 0 Å². The average Bonchev–Trinajstić information content (AvgIpc) is 2.48. The van der Waals surface area contributed by atoms with Gasteiger partial charge in [-0.05, 0) is 56.6 Å². The zero-order valence-corrected chi connectivity index (χ0v) is 13.2. The van der Waals surface area contributed by atoms with Gasteiger partial charge in [0.05, 0.1) is 0 Å². The van der Waals surface area contributed by atoms with Gasteiger partial charge in [0.1, 0.15) is 5.82 Å². The molecule has 0 bridgehead atoms. The van der Waals surface area contributed by atoms with Crippen molar-refractivity contribution in [1.29, 1.82) is 0 Å². The molecule has 1 aliphatic rings. The first kappa shape index (κ1) is 16.0. The maximum Gasteiger partial charge on any atom is 0.254 e. The Morgan fingerprint density at radius 2 is 1.90 bits per heavy atom. The molecule has 0 radical (unpaired) electrons. The molecule has 2 rings (SSSR count). The molecule has 0 aliphatic carbocycles. The number of hydrogen-bond donors (Lipinski definition) is 0. The molecule has 1 amide bonds. The molecule has 1 aliphatic heterocycles. The maximum absolute atomic E-state index is 13.1. The first-order valence-electron chi connectivity index (χ1n) is 7.86. The van der Waals surface area contributed by atoms with Crippen LogP contribution in [0.2, 0.25) is 0 Å². The molecular formula is C17H25FN2O. The number of carbonyl (C=O) groups is 1. The highest BCUT2D eigenvalue weighted by atomic mass is 19.1. The second kappa shape index (κ2) is 7.03. The van der Waals surface area contributed by atoms with E-state index in [0.29, 0.717) is 17.2 Å². The number of piperidine rings is 1. The summed E-state index contributed by atoms with van der Waals surface area (Å²) in [5, 5.41) is 0. The molecule has 0 aromatic heterocycles. The Balaban J connectivity index is 2.00. The van der Waals surface area contributed by atoms with Crippen molar-refractivity contribution in [1.82, 2.24) is 9.80 Å². The van der Waals surface area contributed by atoms with Gasteiger partial charge in [0.15, 0.2) is 0 Å². The van der Waals surface area contributed by atoms with Crippen LogP contribution in [0.25, 0.3) is 0 Å². The molecule has 3 nitrogen and oxygen atoms in total. The number of carbonyl (C=O) groups excluding carboxylic acids is 1. The van der Waals surface area contributed by atoms with Crippen molar-refractivity contribution in [2.24, 2.45) is 0 Å². The topological polar surface area (TPSA) is 23.6 Å².